The van der Waals surface area contributed by atoms with Crippen molar-refractivity contribution < 1.29 is 33.4 Å². The fraction of sp³-hybridized carbons (Fsp3) is 0.857. The number of carboxylic acids is 2. The largest absolute Gasteiger partial charge is 0.697 e. The number of rotatable bonds is 14. The van der Waals surface area contributed by atoms with Gasteiger partial charge in [0.2, 0.25) is 0 Å². The second-order valence-corrected chi connectivity index (χ2v) is 6.13. The van der Waals surface area contributed by atoms with E-state index in [0.717, 1.165) is 25.7 Å². The van der Waals surface area contributed by atoms with E-state index in [2.05, 4.69) is 0 Å². The predicted octanol–water partition coefficient (Wildman–Crippen LogP) is 3.46. The van der Waals surface area contributed by atoms with Crippen LogP contribution in [0.1, 0.15) is 52.4 Å². The fourth-order valence-electron chi connectivity index (χ4n) is 1.80. The van der Waals surface area contributed by atoms with E-state index in [1.807, 2.05) is 13.8 Å². The lowest BCUT2D eigenvalue weighted by atomic mass is 10.0. The topological polar surface area (TPSA) is 110 Å². The standard InChI is InChI=1S/C14H25O7P/c1-3-5-7-11(13(15)16)9-20-22(19)21-10-12(14(17)18)8-6-4-2/h11-12H,3-10H2,1-2H3,(H-,15,16,17,18)/p+1. The molecule has 128 valence electrons. The molecule has 2 atom stereocenters. The summed E-state index contributed by atoms with van der Waals surface area (Å²) in [5.74, 6) is -3.44. The minimum atomic E-state index is -2.50. The first kappa shape index (κ1) is 21.0. The molecule has 0 fully saturated rings. The highest BCUT2D eigenvalue weighted by atomic mass is 31.1. The number of hydrogen-bond donors (Lipinski definition) is 2. The molecule has 0 spiro atoms. The molecule has 7 nitrogen and oxygen atoms in total. The van der Waals surface area contributed by atoms with Crippen molar-refractivity contribution >= 4 is 20.2 Å². The lowest BCUT2D eigenvalue weighted by molar-refractivity contribution is -0.143. The maximum atomic E-state index is 11.6. The van der Waals surface area contributed by atoms with Gasteiger partial charge in [-0.3, -0.25) is 9.59 Å². The van der Waals surface area contributed by atoms with Crippen LogP contribution in [0, 0.1) is 11.8 Å². The minimum Gasteiger partial charge on any atom is -0.481 e. The van der Waals surface area contributed by atoms with Gasteiger partial charge < -0.3 is 10.2 Å². The summed E-state index contributed by atoms with van der Waals surface area (Å²) < 4.78 is 21.4. The quantitative estimate of drug-likeness (QED) is 0.467. The zero-order valence-electron chi connectivity index (χ0n) is 13.2. The molecule has 0 radical (unpaired) electrons. The molecule has 0 saturated carbocycles. The third-order valence-electron chi connectivity index (χ3n) is 3.27. The molecule has 0 aromatic carbocycles. The highest BCUT2D eigenvalue weighted by Gasteiger charge is 2.29. The van der Waals surface area contributed by atoms with E-state index in [1.165, 1.54) is 0 Å². The molecule has 8 heteroatoms. The molecule has 0 aromatic rings. The molecule has 0 aliphatic rings. The van der Waals surface area contributed by atoms with Gasteiger partial charge in [-0.25, -0.2) is 0 Å². The van der Waals surface area contributed by atoms with Crippen LogP contribution in [0.4, 0.5) is 0 Å². The molecule has 2 unspecified atom stereocenters. The van der Waals surface area contributed by atoms with Crippen molar-refractivity contribution in [1.29, 1.82) is 0 Å². The molecule has 0 saturated heterocycles. The van der Waals surface area contributed by atoms with Crippen LogP contribution >= 0.6 is 8.25 Å². The average Bonchev–Trinajstić information content (AvgIpc) is 2.46. The van der Waals surface area contributed by atoms with Crippen LogP contribution in [0.2, 0.25) is 0 Å². The molecule has 0 bridgehead atoms. The van der Waals surface area contributed by atoms with Gasteiger partial charge in [0.25, 0.3) is 0 Å². The summed E-state index contributed by atoms with van der Waals surface area (Å²) in [5, 5.41) is 18.0. The third kappa shape index (κ3) is 9.82. The number of aliphatic carboxylic acids is 2. The fourth-order valence-corrected chi connectivity index (χ4v) is 2.47. The molecule has 0 aliphatic heterocycles. The van der Waals surface area contributed by atoms with Crippen molar-refractivity contribution in [2.45, 2.75) is 52.4 Å². The summed E-state index contributed by atoms with van der Waals surface area (Å²) in [6.07, 6.45) is 4.12. The maximum Gasteiger partial charge on any atom is 0.697 e. The molecule has 2 N–H and O–H groups in total. The minimum absolute atomic E-state index is 0.197. The van der Waals surface area contributed by atoms with E-state index in [0.29, 0.717) is 12.8 Å². The van der Waals surface area contributed by atoms with Crippen LogP contribution in [-0.2, 0) is 23.2 Å². The van der Waals surface area contributed by atoms with Crippen LogP contribution in [-0.4, -0.2) is 35.4 Å². The Bertz CT molecular complexity index is 327. The van der Waals surface area contributed by atoms with E-state index in [-0.39, 0.29) is 13.2 Å². The average molecular weight is 337 g/mol. The Labute approximate surface area is 132 Å². The third-order valence-corrected chi connectivity index (χ3v) is 3.99. The van der Waals surface area contributed by atoms with E-state index in [4.69, 9.17) is 19.3 Å². The molecule has 0 aliphatic carbocycles. The van der Waals surface area contributed by atoms with Crippen molar-refractivity contribution in [1.82, 2.24) is 0 Å². The SMILES string of the molecule is CCCCC(CO[P+](=O)OCC(CCCC)C(=O)O)C(=O)O. The molecule has 22 heavy (non-hydrogen) atoms. The number of unbranched alkanes of at least 4 members (excludes halogenated alkanes) is 2. The normalized spacial score (nSPS) is 14.4. The Kier molecular flexibility index (Phi) is 11.9. The Balaban J connectivity index is 4.14. The van der Waals surface area contributed by atoms with E-state index >= 15 is 0 Å². The van der Waals surface area contributed by atoms with Gasteiger partial charge in [-0.15, -0.1) is 9.05 Å². The smallest absolute Gasteiger partial charge is 0.481 e. The first-order valence-corrected chi connectivity index (χ1v) is 8.70. The van der Waals surface area contributed by atoms with E-state index < -0.39 is 32.0 Å². The van der Waals surface area contributed by atoms with Gasteiger partial charge in [0.1, 0.15) is 13.2 Å². The van der Waals surface area contributed by atoms with Crippen LogP contribution in [0.3, 0.4) is 0 Å². The van der Waals surface area contributed by atoms with Gasteiger partial charge in [0.05, 0.1) is 11.8 Å². The van der Waals surface area contributed by atoms with Gasteiger partial charge in [-0.2, -0.15) is 0 Å². The van der Waals surface area contributed by atoms with Crippen molar-refractivity contribution in [3.63, 3.8) is 0 Å². The second-order valence-electron chi connectivity index (χ2n) is 5.17. The van der Waals surface area contributed by atoms with Gasteiger partial charge in [0, 0.05) is 4.57 Å². The van der Waals surface area contributed by atoms with E-state index in [1.54, 1.807) is 0 Å². The summed E-state index contributed by atoms with van der Waals surface area (Å²) in [5.41, 5.74) is 0. The molecule has 0 rings (SSSR count). The van der Waals surface area contributed by atoms with Gasteiger partial charge in [-0.1, -0.05) is 39.5 Å². The van der Waals surface area contributed by atoms with Crippen LogP contribution < -0.4 is 0 Å². The molecular formula is C14H26O7P+. The van der Waals surface area contributed by atoms with Crippen molar-refractivity contribution in [3.8, 4) is 0 Å². The van der Waals surface area contributed by atoms with Crippen LogP contribution in [0.5, 0.6) is 0 Å². The Morgan fingerprint density at radius 2 is 1.27 bits per heavy atom. The zero-order valence-corrected chi connectivity index (χ0v) is 14.1. The molecular weight excluding hydrogens is 311 g/mol. The molecule has 0 aromatic heterocycles. The summed E-state index contributed by atoms with van der Waals surface area (Å²) in [7, 11) is -2.50. The highest BCUT2D eigenvalue weighted by molar-refractivity contribution is 7.33. The lowest BCUT2D eigenvalue weighted by Crippen LogP contribution is -2.20. The van der Waals surface area contributed by atoms with Crippen molar-refractivity contribution in [3.05, 3.63) is 0 Å². The highest BCUT2D eigenvalue weighted by Crippen LogP contribution is 2.27. The van der Waals surface area contributed by atoms with Gasteiger partial charge in [-0.05, 0) is 12.8 Å². The lowest BCUT2D eigenvalue weighted by Gasteiger charge is -2.08. The summed E-state index contributed by atoms with van der Waals surface area (Å²) in [6.45, 7) is 3.51. The van der Waals surface area contributed by atoms with Crippen molar-refractivity contribution in [2.24, 2.45) is 11.8 Å². The van der Waals surface area contributed by atoms with Crippen LogP contribution in [0.25, 0.3) is 0 Å². The van der Waals surface area contributed by atoms with Gasteiger partial charge >= 0.3 is 20.2 Å². The summed E-state index contributed by atoms with van der Waals surface area (Å²) in [4.78, 5) is 22.0. The zero-order chi connectivity index (χ0) is 17.0. The first-order chi connectivity index (χ1) is 10.4. The number of carboxylic acid groups (broad SMARTS) is 2. The number of hydrogen-bond acceptors (Lipinski definition) is 5. The van der Waals surface area contributed by atoms with Crippen molar-refractivity contribution in [2.75, 3.05) is 13.2 Å². The predicted molar refractivity (Wildman–Crippen MR) is 80.8 cm³/mol. The summed E-state index contributed by atoms with van der Waals surface area (Å²) >= 11 is 0. The second kappa shape index (κ2) is 12.5. The monoisotopic (exact) mass is 337 g/mol. The Morgan fingerprint density at radius 3 is 1.55 bits per heavy atom. The molecule has 0 amide bonds. The van der Waals surface area contributed by atoms with Gasteiger partial charge in [0.15, 0.2) is 0 Å². The summed E-state index contributed by atoms with van der Waals surface area (Å²) in [6, 6.07) is 0. The molecule has 0 heterocycles. The maximum absolute atomic E-state index is 11.6. The Morgan fingerprint density at radius 1 is 0.909 bits per heavy atom. The Hall–Kier alpha value is -1.04. The number of carbonyl (C=O) groups is 2. The van der Waals surface area contributed by atoms with Crippen LogP contribution in [0.15, 0.2) is 0 Å². The first-order valence-electron chi connectivity index (χ1n) is 7.61. The van der Waals surface area contributed by atoms with E-state index in [9.17, 15) is 14.2 Å².